The number of carbonyl (C=O) groups is 1. The largest absolute Gasteiger partial charge is 0.340 e. The van der Waals surface area contributed by atoms with Crippen molar-refractivity contribution < 1.29 is 4.79 Å². The predicted molar refractivity (Wildman–Crippen MR) is 44.3 cm³/mol. The molecule has 1 rings (SSSR count). The molecular weight excluding hydrogens is 140 g/mol. The summed E-state index contributed by atoms with van der Waals surface area (Å²) in [6, 6.07) is 0.435. The summed E-state index contributed by atoms with van der Waals surface area (Å²) in [5, 5.41) is 3.14. The Morgan fingerprint density at radius 2 is 2.09 bits per heavy atom. The van der Waals surface area contributed by atoms with Gasteiger partial charge in [-0.25, -0.2) is 0 Å². The zero-order valence-corrected chi connectivity index (χ0v) is 7.42. The molecule has 0 radical (unpaired) electrons. The van der Waals surface area contributed by atoms with E-state index in [9.17, 15) is 4.79 Å². The van der Waals surface area contributed by atoms with E-state index in [2.05, 4.69) is 5.32 Å². The van der Waals surface area contributed by atoms with Crippen molar-refractivity contribution in [3.63, 3.8) is 0 Å². The number of likely N-dealkylation sites (N-methyl/N-ethyl adjacent to an activating group) is 1. The standard InChI is InChI=1S/C8H16N2O/c1-6(2)8(11)10(3)7-4-9-5-7/h6-7,9H,4-5H2,1-3H3. The van der Waals surface area contributed by atoms with Crippen molar-refractivity contribution in [2.24, 2.45) is 5.92 Å². The minimum atomic E-state index is 0.126. The number of nitrogens with one attached hydrogen (secondary N) is 1. The minimum Gasteiger partial charge on any atom is -0.340 e. The van der Waals surface area contributed by atoms with E-state index >= 15 is 0 Å². The smallest absolute Gasteiger partial charge is 0.225 e. The van der Waals surface area contributed by atoms with Gasteiger partial charge in [-0.3, -0.25) is 4.79 Å². The van der Waals surface area contributed by atoms with E-state index in [1.807, 2.05) is 25.8 Å². The summed E-state index contributed by atoms with van der Waals surface area (Å²) in [7, 11) is 1.88. The van der Waals surface area contributed by atoms with Gasteiger partial charge in [-0.1, -0.05) is 13.8 Å². The van der Waals surface area contributed by atoms with Crippen LogP contribution >= 0.6 is 0 Å². The first kappa shape index (κ1) is 8.53. The fourth-order valence-electron chi connectivity index (χ4n) is 1.13. The van der Waals surface area contributed by atoms with Crippen LogP contribution in [0.25, 0.3) is 0 Å². The molecule has 0 atom stereocenters. The van der Waals surface area contributed by atoms with Crippen molar-refractivity contribution in [1.82, 2.24) is 10.2 Å². The van der Waals surface area contributed by atoms with Crippen LogP contribution in [-0.2, 0) is 4.79 Å². The molecule has 64 valence electrons. The summed E-state index contributed by atoms with van der Waals surface area (Å²) in [5.74, 6) is 0.372. The van der Waals surface area contributed by atoms with E-state index in [0.717, 1.165) is 13.1 Å². The summed E-state index contributed by atoms with van der Waals surface area (Å²) in [4.78, 5) is 13.2. The van der Waals surface area contributed by atoms with E-state index in [1.165, 1.54) is 0 Å². The van der Waals surface area contributed by atoms with Crippen LogP contribution in [0, 0.1) is 5.92 Å². The second-order valence-corrected chi connectivity index (χ2v) is 3.42. The minimum absolute atomic E-state index is 0.126. The molecule has 3 nitrogen and oxygen atoms in total. The monoisotopic (exact) mass is 156 g/mol. The van der Waals surface area contributed by atoms with Crippen LogP contribution in [0.5, 0.6) is 0 Å². The van der Waals surface area contributed by atoms with Crippen LogP contribution in [0.1, 0.15) is 13.8 Å². The number of hydrogen-bond acceptors (Lipinski definition) is 2. The average molecular weight is 156 g/mol. The molecule has 0 saturated carbocycles. The van der Waals surface area contributed by atoms with Crippen molar-refractivity contribution >= 4 is 5.91 Å². The van der Waals surface area contributed by atoms with Gasteiger partial charge in [0, 0.05) is 26.1 Å². The lowest BCUT2D eigenvalue weighted by atomic mass is 10.1. The first-order chi connectivity index (χ1) is 5.13. The first-order valence-electron chi connectivity index (χ1n) is 4.10. The summed E-state index contributed by atoms with van der Waals surface area (Å²) in [6.07, 6.45) is 0. The second kappa shape index (κ2) is 3.22. The molecule has 0 bridgehead atoms. The predicted octanol–water partition coefficient (Wildman–Crippen LogP) is 0.0726. The number of rotatable bonds is 2. The molecule has 1 saturated heterocycles. The van der Waals surface area contributed by atoms with Crippen LogP contribution < -0.4 is 5.32 Å². The van der Waals surface area contributed by atoms with Crippen LogP contribution in [0.3, 0.4) is 0 Å². The van der Waals surface area contributed by atoms with Gasteiger partial charge in [-0.05, 0) is 0 Å². The molecule has 3 heteroatoms. The van der Waals surface area contributed by atoms with Crippen molar-refractivity contribution in [2.75, 3.05) is 20.1 Å². The van der Waals surface area contributed by atoms with Crippen LogP contribution in [0.4, 0.5) is 0 Å². The molecule has 1 fully saturated rings. The lowest BCUT2D eigenvalue weighted by Crippen LogP contribution is -2.58. The number of hydrogen-bond donors (Lipinski definition) is 1. The molecular formula is C8H16N2O. The third kappa shape index (κ3) is 1.71. The van der Waals surface area contributed by atoms with Gasteiger partial charge in [0.1, 0.15) is 0 Å². The number of amides is 1. The SMILES string of the molecule is CC(C)C(=O)N(C)C1CNC1. The number of nitrogens with zero attached hydrogens (tertiary/aromatic N) is 1. The van der Waals surface area contributed by atoms with Gasteiger partial charge in [0.05, 0.1) is 6.04 Å². The Morgan fingerprint density at radius 3 is 2.36 bits per heavy atom. The van der Waals surface area contributed by atoms with E-state index in [4.69, 9.17) is 0 Å². The van der Waals surface area contributed by atoms with E-state index in [1.54, 1.807) is 0 Å². The molecule has 0 aliphatic carbocycles. The fourth-order valence-corrected chi connectivity index (χ4v) is 1.13. The molecule has 0 unspecified atom stereocenters. The summed E-state index contributed by atoms with van der Waals surface area (Å²) in [6.45, 7) is 5.78. The molecule has 1 aliphatic rings. The highest BCUT2D eigenvalue weighted by Gasteiger charge is 2.26. The zero-order valence-electron chi connectivity index (χ0n) is 7.42. The van der Waals surface area contributed by atoms with E-state index < -0.39 is 0 Å². The van der Waals surface area contributed by atoms with Gasteiger partial charge in [0.15, 0.2) is 0 Å². The Balaban J connectivity index is 2.39. The highest BCUT2D eigenvalue weighted by molar-refractivity contribution is 5.78. The van der Waals surface area contributed by atoms with Crippen LogP contribution in [0.2, 0.25) is 0 Å². The second-order valence-electron chi connectivity index (χ2n) is 3.42. The van der Waals surface area contributed by atoms with Crippen molar-refractivity contribution in [3.05, 3.63) is 0 Å². The van der Waals surface area contributed by atoms with Gasteiger partial charge in [0.2, 0.25) is 5.91 Å². The Bertz CT molecular complexity index is 152. The third-order valence-electron chi connectivity index (χ3n) is 2.15. The molecule has 1 heterocycles. The topological polar surface area (TPSA) is 32.3 Å². The summed E-state index contributed by atoms with van der Waals surface area (Å²) < 4.78 is 0. The summed E-state index contributed by atoms with van der Waals surface area (Å²) >= 11 is 0. The maximum atomic E-state index is 11.4. The molecule has 1 aliphatic heterocycles. The molecule has 0 aromatic heterocycles. The molecule has 0 spiro atoms. The van der Waals surface area contributed by atoms with E-state index in [-0.39, 0.29) is 11.8 Å². The molecule has 0 aromatic carbocycles. The molecule has 11 heavy (non-hydrogen) atoms. The first-order valence-corrected chi connectivity index (χ1v) is 4.10. The van der Waals surface area contributed by atoms with Gasteiger partial charge >= 0.3 is 0 Å². The van der Waals surface area contributed by atoms with Crippen molar-refractivity contribution in [1.29, 1.82) is 0 Å². The van der Waals surface area contributed by atoms with Gasteiger partial charge in [-0.2, -0.15) is 0 Å². The summed E-state index contributed by atoms with van der Waals surface area (Å²) in [5.41, 5.74) is 0. The molecule has 1 N–H and O–H groups in total. The van der Waals surface area contributed by atoms with Gasteiger partial charge in [0.25, 0.3) is 0 Å². The molecule has 1 amide bonds. The Labute approximate surface area is 67.8 Å². The third-order valence-corrected chi connectivity index (χ3v) is 2.15. The lowest BCUT2D eigenvalue weighted by Gasteiger charge is -2.36. The van der Waals surface area contributed by atoms with E-state index in [0.29, 0.717) is 6.04 Å². The van der Waals surface area contributed by atoms with Gasteiger partial charge in [-0.15, -0.1) is 0 Å². The normalized spacial score (nSPS) is 18.2. The average Bonchev–Trinajstić information content (AvgIpc) is 1.82. The van der Waals surface area contributed by atoms with Crippen molar-refractivity contribution in [3.8, 4) is 0 Å². The van der Waals surface area contributed by atoms with Crippen molar-refractivity contribution in [2.45, 2.75) is 19.9 Å². The highest BCUT2D eigenvalue weighted by Crippen LogP contribution is 2.06. The van der Waals surface area contributed by atoms with Crippen LogP contribution in [0.15, 0.2) is 0 Å². The highest BCUT2D eigenvalue weighted by atomic mass is 16.2. The van der Waals surface area contributed by atoms with Gasteiger partial charge < -0.3 is 10.2 Å². The quantitative estimate of drug-likeness (QED) is 0.613. The Kier molecular flexibility index (Phi) is 2.49. The molecule has 0 aromatic rings. The Morgan fingerprint density at radius 1 is 1.55 bits per heavy atom. The number of carbonyl (C=O) groups excluding carboxylic acids is 1. The van der Waals surface area contributed by atoms with Crippen LogP contribution in [-0.4, -0.2) is 37.0 Å². The maximum absolute atomic E-state index is 11.4. The zero-order chi connectivity index (χ0) is 8.43. The Hall–Kier alpha value is -0.570. The maximum Gasteiger partial charge on any atom is 0.225 e. The fraction of sp³-hybridized carbons (Fsp3) is 0.875. The lowest BCUT2D eigenvalue weighted by molar-refractivity contribution is -0.136.